The fourth-order valence-corrected chi connectivity index (χ4v) is 5.88. The predicted molar refractivity (Wildman–Crippen MR) is 85.3 cm³/mol. The van der Waals surface area contributed by atoms with Gasteiger partial charge in [0.05, 0.1) is 3.79 Å². The van der Waals surface area contributed by atoms with Gasteiger partial charge >= 0.3 is 0 Å². The zero-order valence-electron chi connectivity index (χ0n) is 11.9. The first kappa shape index (κ1) is 17.1. The van der Waals surface area contributed by atoms with Crippen molar-refractivity contribution < 1.29 is 8.42 Å². The molecule has 0 aliphatic carbocycles. The first-order valence-corrected chi connectivity index (χ1v) is 9.63. The fraction of sp³-hybridized carbons (Fsp3) is 0.692. The van der Waals surface area contributed by atoms with Gasteiger partial charge < -0.3 is 0 Å². The second kappa shape index (κ2) is 7.20. The zero-order valence-corrected chi connectivity index (χ0v) is 15.2. The van der Waals surface area contributed by atoms with Crippen molar-refractivity contribution in [2.45, 2.75) is 57.2 Å². The van der Waals surface area contributed by atoms with E-state index in [1.165, 1.54) is 11.3 Å². The van der Waals surface area contributed by atoms with Crippen LogP contribution in [0.25, 0.3) is 0 Å². The van der Waals surface area contributed by atoms with E-state index >= 15 is 0 Å². The van der Waals surface area contributed by atoms with Crippen LogP contribution in [-0.2, 0) is 10.0 Å². The van der Waals surface area contributed by atoms with Crippen LogP contribution in [-0.4, -0.2) is 25.3 Å². The van der Waals surface area contributed by atoms with Gasteiger partial charge in [0.15, 0.2) is 0 Å². The Bertz CT molecular complexity index is 489. The normalized spacial score (nSPS) is 12.6. The fourth-order valence-electron chi connectivity index (χ4n) is 1.85. The molecule has 3 nitrogen and oxygen atoms in total. The van der Waals surface area contributed by atoms with Crippen molar-refractivity contribution in [1.82, 2.24) is 4.31 Å². The van der Waals surface area contributed by atoms with E-state index in [1.54, 1.807) is 10.4 Å². The lowest BCUT2D eigenvalue weighted by molar-refractivity contribution is 0.346. The molecule has 0 saturated carbocycles. The van der Waals surface area contributed by atoms with Crippen molar-refractivity contribution in [3.63, 3.8) is 0 Å². The summed E-state index contributed by atoms with van der Waals surface area (Å²) < 4.78 is 28.2. The highest BCUT2D eigenvalue weighted by atomic mass is 79.9. The number of halogens is 1. The van der Waals surface area contributed by atoms with E-state index in [1.807, 2.05) is 20.8 Å². The van der Waals surface area contributed by atoms with Gasteiger partial charge in [-0.2, -0.15) is 4.31 Å². The molecule has 6 heteroatoms. The third-order valence-corrected chi connectivity index (χ3v) is 7.62. The third kappa shape index (κ3) is 4.28. The zero-order chi connectivity index (χ0) is 14.6. The molecule has 0 radical (unpaired) electrons. The Morgan fingerprint density at radius 2 is 2.00 bits per heavy atom. The Morgan fingerprint density at radius 3 is 2.42 bits per heavy atom. The van der Waals surface area contributed by atoms with Gasteiger partial charge in [-0.3, -0.25) is 0 Å². The molecule has 1 rings (SSSR count). The predicted octanol–water partition coefficient (Wildman–Crippen LogP) is 4.41. The van der Waals surface area contributed by atoms with E-state index in [2.05, 4.69) is 22.9 Å². The highest BCUT2D eigenvalue weighted by Gasteiger charge is 2.28. The number of sulfonamides is 1. The summed E-state index contributed by atoms with van der Waals surface area (Å²) in [6.45, 7) is 8.49. The number of unbranched alkanes of at least 4 members (excludes halogenated alkanes) is 2. The molecule has 1 heterocycles. The number of nitrogens with zero attached hydrogens (tertiary/aromatic N) is 1. The molecule has 19 heavy (non-hydrogen) atoms. The van der Waals surface area contributed by atoms with Gasteiger partial charge in [0.1, 0.15) is 4.21 Å². The maximum absolute atomic E-state index is 12.6. The third-order valence-electron chi connectivity index (χ3n) is 2.96. The molecule has 0 N–H and O–H groups in total. The van der Waals surface area contributed by atoms with E-state index in [-0.39, 0.29) is 6.04 Å². The largest absolute Gasteiger partial charge is 0.252 e. The van der Waals surface area contributed by atoms with Crippen LogP contribution in [0, 0.1) is 6.92 Å². The molecule has 0 aliphatic rings. The average Bonchev–Trinajstić information content (AvgIpc) is 2.65. The number of rotatable bonds is 7. The summed E-state index contributed by atoms with van der Waals surface area (Å²) in [5.41, 5.74) is 0.973. The Kier molecular flexibility index (Phi) is 6.50. The molecular weight excluding hydrogens is 346 g/mol. The quantitative estimate of drug-likeness (QED) is 0.669. The van der Waals surface area contributed by atoms with Crippen LogP contribution in [0.1, 0.15) is 45.6 Å². The lowest BCUT2D eigenvalue weighted by Gasteiger charge is -2.25. The van der Waals surface area contributed by atoms with Crippen LogP contribution in [0.5, 0.6) is 0 Å². The lowest BCUT2D eigenvalue weighted by atomic mass is 10.2. The van der Waals surface area contributed by atoms with Crippen molar-refractivity contribution in [3.05, 3.63) is 15.4 Å². The molecular formula is C13H22BrNO2S2. The summed E-state index contributed by atoms with van der Waals surface area (Å²) in [6, 6.07) is 1.74. The highest BCUT2D eigenvalue weighted by Crippen LogP contribution is 2.33. The first-order chi connectivity index (χ1) is 8.80. The molecule has 0 spiro atoms. The molecule has 1 aromatic heterocycles. The molecule has 0 unspecified atom stereocenters. The molecule has 0 atom stereocenters. The summed E-state index contributed by atoms with van der Waals surface area (Å²) in [4.78, 5) is 0. The minimum Gasteiger partial charge on any atom is -0.206 e. The Balaban J connectivity index is 2.99. The Morgan fingerprint density at radius 1 is 1.37 bits per heavy atom. The van der Waals surface area contributed by atoms with Crippen LogP contribution in [0.15, 0.2) is 14.1 Å². The van der Waals surface area contributed by atoms with Crippen LogP contribution in [0.2, 0.25) is 0 Å². The molecule has 110 valence electrons. The molecule has 0 saturated heterocycles. The minimum atomic E-state index is -3.36. The summed E-state index contributed by atoms with van der Waals surface area (Å²) in [7, 11) is -3.36. The molecule has 0 bridgehead atoms. The number of aryl methyl sites for hydroxylation is 1. The van der Waals surface area contributed by atoms with E-state index in [4.69, 9.17) is 0 Å². The number of hydrogen-bond acceptors (Lipinski definition) is 3. The van der Waals surface area contributed by atoms with Crippen molar-refractivity contribution >= 4 is 37.3 Å². The van der Waals surface area contributed by atoms with Crippen LogP contribution < -0.4 is 0 Å². The maximum atomic E-state index is 12.6. The van der Waals surface area contributed by atoms with E-state index in [9.17, 15) is 8.42 Å². The highest BCUT2D eigenvalue weighted by molar-refractivity contribution is 9.11. The second-order valence-corrected chi connectivity index (χ2v) is 9.43. The van der Waals surface area contributed by atoms with Crippen molar-refractivity contribution in [2.24, 2.45) is 0 Å². The van der Waals surface area contributed by atoms with E-state index in [0.717, 1.165) is 28.6 Å². The first-order valence-electron chi connectivity index (χ1n) is 6.58. The topological polar surface area (TPSA) is 37.4 Å². The van der Waals surface area contributed by atoms with Gasteiger partial charge in [0, 0.05) is 12.6 Å². The standard InChI is InChI=1S/C13H22BrNO2S2/c1-5-6-7-8-15(10(2)3)19(16,17)12-9-11(4)13(14)18-12/h9-10H,5-8H2,1-4H3. The van der Waals surface area contributed by atoms with Gasteiger partial charge in [-0.15, -0.1) is 11.3 Å². The SMILES string of the molecule is CCCCCN(C(C)C)S(=O)(=O)c1cc(C)c(Br)s1. The van der Waals surface area contributed by atoms with E-state index < -0.39 is 10.0 Å². The van der Waals surface area contributed by atoms with Gasteiger partial charge in [-0.1, -0.05) is 19.8 Å². The number of thiophene rings is 1. The van der Waals surface area contributed by atoms with Gasteiger partial charge in [-0.05, 0) is 54.8 Å². The summed E-state index contributed by atoms with van der Waals surface area (Å²) in [5, 5.41) is 0. The van der Waals surface area contributed by atoms with Crippen LogP contribution in [0.3, 0.4) is 0 Å². The second-order valence-electron chi connectivity index (χ2n) is 4.94. The molecule has 1 aromatic rings. The Hall–Kier alpha value is 0.0900. The van der Waals surface area contributed by atoms with Crippen molar-refractivity contribution in [1.29, 1.82) is 0 Å². The van der Waals surface area contributed by atoms with Gasteiger partial charge in [0.2, 0.25) is 0 Å². The summed E-state index contributed by atoms with van der Waals surface area (Å²) in [5.74, 6) is 0. The summed E-state index contributed by atoms with van der Waals surface area (Å²) in [6.07, 6.45) is 3.07. The lowest BCUT2D eigenvalue weighted by Crippen LogP contribution is -2.37. The number of hydrogen-bond donors (Lipinski definition) is 0. The monoisotopic (exact) mass is 367 g/mol. The Labute approximate surface area is 129 Å². The van der Waals surface area contributed by atoms with Gasteiger partial charge in [0.25, 0.3) is 10.0 Å². The maximum Gasteiger partial charge on any atom is 0.252 e. The van der Waals surface area contributed by atoms with Gasteiger partial charge in [-0.25, -0.2) is 8.42 Å². The smallest absolute Gasteiger partial charge is 0.206 e. The molecule has 0 aromatic carbocycles. The summed E-state index contributed by atoms with van der Waals surface area (Å²) >= 11 is 4.69. The van der Waals surface area contributed by atoms with Crippen LogP contribution >= 0.6 is 27.3 Å². The van der Waals surface area contributed by atoms with Crippen molar-refractivity contribution in [3.8, 4) is 0 Å². The molecule has 0 fully saturated rings. The average molecular weight is 368 g/mol. The molecule has 0 amide bonds. The molecule has 0 aliphatic heterocycles. The van der Waals surface area contributed by atoms with E-state index in [0.29, 0.717) is 10.8 Å². The van der Waals surface area contributed by atoms with Crippen LogP contribution in [0.4, 0.5) is 0 Å². The minimum absolute atomic E-state index is 0.0111. The van der Waals surface area contributed by atoms with Crippen molar-refractivity contribution in [2.75, 3.05) is 6.54 Å².